The van der Waals surface area contributed by atoms with Crippen molar-refractivity contribution >= 4 is 56.5 Å². The molecule has 0 atom stereocenters. The van der Waals surface area contributed by atoms with E-state index in [-0.39, 0.29) is 0 Å². The van der Waals surface area contributed by atoms with E-state index >= 15 is 0 Å². The predicted molar refractivity (Wildman–Crippen MR) is 76.8 cm³/mol. The highest BCUT2D eigenvalue weighted by Gasteiger charge is 1.98. The lowest BCUT2D eigenvalue weighted by Gasteiger charge is -2.07. The van der Waals surface area contributed by atoms with Crippen molar-refractivity contribution in [2.24, 2.45) is 0 Å². The number of rotatable bonds is 0. The Balaban J connectivity index is 2.00. The Hall–Kier alpha value is 1.47. The largest absolute Gasteiger partial charge is 0.377 e. The summed E-state index contributed by atoms with van der Waals surface area (Å²) in [5.41, 5.74) is 0. The maximum Gasteiger partial charge on any atom is 0.121 e. The van der Waals surface area contributed by atoms with Gasteiger partial charge in [-0.15, -0.1) is 4.89 Å². The van der Waals surface area contributed by atoms with Crippen LogP contribution in [0.15, 0.2) is 0 Å². The predicted octanol–water partition coefficient (Wildman–Crippen LogP) is 2.59. The molecular formula is C6H13NO6S5. The van der Waals surface area contributed by atoms with Crippen LogP contribution in [0.25, 0.3) is 0 Å². The number of nitrogens with one attached hydrogen (secondary N) is 1. The first kappa shape index (κ1) is 17.5. The molecule has 0 aromatic carbocycles. The van der Waals surface area contributed by atoms with Crippen molar-refractivity contribution in [3.8, 4) is 0 Å². The monoisotopic (exact) mass is 355 g/mol. The Kier molecular flexibility index (Phi) is 14.5. The Bertz CT molecular complexity index is 107. The molecule has 1 rings (SSSR count). The first-order valence-electron chi connectivity index (χ1n) is 4.81. The van der Waals surface area contributed by atoms with Gasteiger partial charge in [-0.25, -0.2) is 7.26 Å². The fourth-order valence-corrected chi connectivity index (χ4v) is 3.60. The minimum absolute atomic E-state index is 0.431. The highest BCUT2D eigenvalue weighted by Crippen LogP contribution is 2.36. The van der Waals surface area contributed by atoms with E-state index in [2.05, 4.69) is 4.89 Å². The van der Waals surface area contributed by atoms with Crippen molar-refractivity contribution in [1.82, 2.24) is 4.89 Å². The number of hydrogen-bond donors (Lipinski definition) is 1. The van der Waals surface area contributed by atoms with E-state index in [1.807, 2.05) is 0 Å². The maximum absolute atomic E-state index is 5.28. The van der Waals surface area contributed by atoms with Gasteiger partial charge in [0.25, 0.3) is 0 Å². The van der Waals surface area contributed by atoms with Crippen LogP contribution in [-0.2, 0) is 25.8 Å². The van der Waals surface area contributed by atoms with Crippen molar-refractivity contribution in [1.29, 1.82) is 0 Å². The van der Waals surface area contributed by atoms with Gasteiger partial charge in [-0.1, -0.05) is 0 Å². The molecular weight excluding hydrogens is 342 g/mol. The van der Waals surface area contributed by atoms with Crippen LogP contribution in [0.2, 0.25) is 0 Å². The second-order valence-electron chi connectivity index (χ2n) is 2.47. The Labute approximate surface area is 126 Å². The molecule has 1 fully saturated rings. The molecule has 0 aliphatic carbocycles. The SMILES string of the molecule is C1COCCOSSOSSOSNOCCO1. The van der Waals surface area contributed by atoms with Crippen molar-refractivity contribution < 1.29 is 25.8 Å². The van der Waals surface area contributed by atoms with Crippen LogP contribution >= 0.6 is 56.5 Å². The molecule has 0 bridgehead atoms. The summed E-state index contributed by atoms with van der Waals surface area (Å²) in [5.74, 6) is 0. The van der Waals surface area contributed by atoms with Gasteiger partial charge in [0.05, 0.1) is 50.7 Å². The van der Waals surface area contributed by atoms with Gasteiger partial charge in [0.1, 0.15) is 45.5 Å². The summed E-state index contributed by atoms with van der Waals surface area (Å²) in [5, 5.41) is 0. The molecule has 0 spiro atoms. The Morgan fingerprint density at radius 1 is 0.667 bits per heavy atom. The highest BCUT2D eigenvalue weighted by atomic mass is 33.2. The van der Waals surface area contributed by atoms with Crippen LogP contribution in [0.3, 0.4) is 0 Å². The molecule has 12 heteroatoms. The van der Waals surface area contributed by atoms with Crippen LogP contribution in [0.4, 0.5) is 0 Å². The first-order chi connectivity index (χ1) is 9.00. The fourth-order valence-electron chi connectivity index (χ4n) is 0.708. The highest BCUT2D eigenvalue weighted by molar-refractivity contribution is 8.80. The van der Waals surface area contributed by atoms with E-state index in [4.69, 9.17) is 25.8 Å². The van der Waals surface area contributed by atoms with Gasteiger partial charge in [-0.3, -0.25) is 4.84 Å². The summed E-state index contributed by atoms with van der Waals surface area (Å²) in [7, 11) is 0. The summed E-state index contributed by atoms with van der Waals surface area (Å²) in [6, 6.07) is 0. The molecule has 0 aromatic heterocycles. The van der Waals surface area contributed by atoms with Gasteiger partial charge in [0.2, 0.25) is 0 Å². The van der Waals surface area contributed by atoms with Crippen LogP contribution in [0, 0.1) is 0 Å². The third-order valence-electron chi connectivity index (χ3n) is 1.33. The summed E-state index contributed by atoms with van der Waals surface area (Å²) in [4.78, 5) is 7.55. The molecule has 1 saturated heterocycles. The fraction of sp³-hybridized carbons (Fsp3) is 1.00. The topological polar surface area (TPSA) is 67.4 Å². The van der Waals surface area contributed by atoms with Gasteiger partial charge in [0, 0.05) is 0 Å². The van der Waals surface area contributed by atoms with E-state index < -0.39 is 0 Å². The van der Waals surface area contributed by atoms with Crippen LogP contribution in [-0.4, -0.2) is 39.6 Å². The van der Waals surface area contributed by atoms with Crippen molar-refractivity contribution in [3.05, 3.63) is 0 Å². The lowest BCUT2D eigenvalue weighted by molar-refractivity contribution is 0.000820. The zero-order chi connectivity index (χ0) is 12.7. The van der Waals surface area contributed by atoms with Gasteiger partial charge < -0.3 is 13.7 Å². The van der Waals surface area contributed by atoms with E-state index in [0.29, 0.717) is 39.6 Å². The summed E-state index contributed by atoms with van der Waals surface area (Å²) >= 11 is 5.36. The van der Waals surface area contributed by atoms with Crippen molar-refractivity contribution in [3.63, 3.8) is 0 Å². The van der Waals surface area contributed by atoms with Crippen LogP contribution < -0.4 is 4.89 Å². The standard InChI is InChI=1S/C6H13NO6S5/c1-2-9-4-6-11-15-17-13-18-16-12-14-7-10-5-3-8-1/h7H,1-6H2. The van der Waals surface area contributed by atoms with Crippen molar-refractivity contribution in [2.75, 3.05) is 39.6 Å². The molecule has 0 radical (unpaired) electrons. The normalized spacial score (nSPS) is 24.0. The molecule has 108 valence electrons. The maximum atomic E-state index is 5.28. The van der Waals surface area contributed by atoms with E-state index in [9.17, 15) is 0 Å². The van der Waals surface area contributed by atoms with Gasteiger partial charge in [0.15, 0.2) is 0 Å². The van der Waals surface area contributed by atoms with E-state index in [1.165, 1.54) is 0 Å². The zero-order valence-corrected chi connectivity index (χ0v) is 13.3. The van der Waals surface area contributed by atoms with Crippen molar-refractivity contribution in [2.45, 2.75) is 0 Å². The zero-order valence-electron chi connectivity index (χ0n) is 9.23. The van der Waals surface area contributed by atoms with Crippen LogP contribution in [0.1, 0.15) is 0 Å². The summed E-state index contributed by atoms with van der Waals surface area (Å²) in [6.07, 6.45) is 0. The van der Waals surface area contributed by atoms with Gasteiger partial charge >= 0.3 is 0 Å². The third kappa shape index (κ3) is 12.5. The average molecular weight is 356 g/mol. The molecule has 1 N–H and O–H groups in total. The Morgan fingerprint density at radius 2 is 1.33 bits per heavy atom. The summed E-state index contributed by atoms with van der Waals surface area (Å²) < 4.78 is 25.7. The lowest BCUT2D eigenvalue weighted by Crippen LogP contribution is -2.14. The van der Waals surface area contributed by atoms with Gasteiger partial charge in [-0.2, -0.15) is 0 Å². The Morgan fingerprint density at radius 3 is 2.22 bits per heavy atom. The molecule has 1 aliphatic heterocycles. The third-order valence-corrected chi connectivity index (χ3v) is 4.95. The summed E-state index contributed by atoms with van der Waals surface area (Å²) in [6.45, 7) is 3.01. The molecule has 0 aromatic rings. The average Bonchev–Trinajstić information content (AvgIpc) is 2.39. The van der Waals surface area contributed by atoms with E-state index in [1.54, 1.807) is 0 Å². The smallest absolute Gasteiger partial charge is 0.121 e. The quantitative estimate of drug-likeness (QED) is 0.394. The van der Waals surface area contributed by atoms with E-state index in [0.717, 1.165) is 56.5 Å². The molecule has 0 amide bonds. The lowest BCUT2D eigenvalue weighted by atomic mass is 10.7. The molecule has 0 saturated carbocycles. The molecule has 0 unspecified atom stereocenters. The second-order valence-corrected chi connectivity index (χ2v) is 6.31. The second kappa shape index (κ2) is 14.9. The molecule has 1 aliphatic rings. The number of hydrogen-bond acceptors (Lipinski definition) is 12. The molecule has 1 heterocycles. The minimum atomic E-state index is 0.431. The first-order valence-corrected chi connectivity index (χ1v) is 9.55. The minimum Gasteiger partial charge on any atom is -0.377 e. The molecule has 7 nitrogen and oxygen atoms in total. The van der Waals surface area contributed by atoms with Crippen LogP contribution in [0.5, 0.6) is 0 Å². The van der Waals surface area contributed by atoms with Gasteiger partial charge in [-0.05, 0) is 0 Å². The number of ether oxygens (including phenoxy) is 2. The molecule has 18 heavy (non-hydrogen) atoms.